The molecule has 186 valence electrons. The summed E-state index contributed by atoms with van der Waals surface area (Å²) in [7, 11) is 1.41. The topological polar surface area (TPSA) is 126 Å². The molecule has 1 saturated heterocycles. The number of hydrogen-bond acceptors (Lipinski definition) is 9. The molecule has 2 N–H and O–H groups in total. The zero-order valence-electron chi connectivity index (χ0n) is 19.2. The maximum atomic E-state index is 14.1. The summed E-state index contributed by atoms with van der Waals surface area (Å²) >= 11 is 1.10. The highest BCUT2D eigenvalue weighted by Gasteiger charge is 2.47. The van der Waals surface area contributed by atoms with Gasteiger partial charge in [0.15, 0.2) is 5.69 Å². The molecule has 0 aliphatic carbocycles. The number of terminal acetylenes is 1. The molecular weight excluding hydrogens is 492 g/mol. The van der Waals surface area contributed by atoms with E-state index in [-0.39, 0.29) is 22.5 Å². The zero-order chi connectivity index (χ0) is 26.0. The van der Waals surface area contributed by atoms with Gasteiger partial charge in [0.2, 0.25) is 0 Å². The standard InChI is InChI=1S/C24H21F2N5O4S/c1-4-13-5-20(17(8-27)28-9-13)36-24-23(34-3)21(22(33)19(11-32)35-24)31-10-18(29-30-31)14-6-15(25)12(2)16(26)7-14/h1,5-7,9-10,19,21-24,32-33H,11H2,2-3H3/t19?,21?,22-,23-,24+/m0/s1. The first kappa shape index (κ1) is 25.7. The molecule has 0 amide bonds. The maximum absolute atomic E-state index is 14.1. The van der Waals surface area contributed by atoms with Crippen molar-refractivity contribution in [2.45, 2.75) is 41.6 Å². The van der Waals surface area contributed by atoms with Crippen molar-refractivity contribution in [1.82, 2.24) is 20.0 Å². The molecular formula is C24H21F2N5O4S. The molecule has 3 aromatic rings. The second-order valence-corrected chi connectivity index (χ2v) is 9.14. The van der Waals surface area contributed by atoms with Crippen LogP contribution in [0, 0.1) is 42.2 Å². The molecule has 12 heteroatoms. The van der Waals surface area contributed by atoms with Gasteiger partial charge in [0, 0.05) is 34.9 Å². The Morgan fingerprint density at radius 1 is 1.31 bits per heavy atom. The number of halogens is 2. The molecule has 0 spiro atoms. The van der Waals surface area contributed by atoms with Gasteiger partial charge in [-0.15, -0.1) is 11.5 Å². The van der Waals surface area contributed by atoms with Crippen LogP contribution >= 0.6 is 11.8 Å². The first-order valence-corrected chi connectivity index (χ1v) is 11.6. The number of pyridine rings is 1. The maximum Gasteiger partial charge on any atom is 0.154 e. The summed E-state index contributed by atoms with van der Waals surface area (Å²) in [4.78, 5) is 4.49. The van der Waals surface area contributed by atoms with Gasteiger partial charge in [-0.25, -0.2) is 18.4 Å². The number of aromatic nitrogens is 4. The van der Waals surface area contributed by atoms with Crippen LogP contribution in [-0.2, 0) is 9.47 Å². The van der Waals surface area contributed by atoms with Crippen molar-refractivity contribution < 1.29 is 28.5 Å². The lowest BCUT2D eigenvalue weighted by molar-refractivity contribution is -0.186. The lowest BCUT2D eigenvalue weighted by atomic mass is 9.97. The lowest BCUT2D eigenvalue weighted by Crippen LogP contribution is -2.55. The Labute approximate surface area is 209 Å². The third kappa shape index (κ3) is 4.82. The number of nitriles is 1. The quantitative estimate of drug-likeness (QED) is 0.477. The number of thioether (sulfide) groups is 1. The fraction of sp³-hybridized carbons (Fsp3) is 0.333. The number of hydrogen-bond donors (Lipinski definition) is 2. The van der Waals surface area contributed by atoms with Gasteiger partial charge in [-0.05, 0) is 25.1 Å². The van der Waals surface area contributed by atoms with Crippen molar-refractivity contribution >= 4 is 11.8 Å². The molecule has 36 heavy (non-hydrogen) atoms. The molecule has 9 nitrogen and oxygen atoms in total. The number of ether oxygens (including phenoxy) is 2. The number of methoxy groups -OCH3 is 1. The van der Waals surface area contributed by atoms with Crippen LogP contribution in [0.4, 0.5) is 8.78 Å². The Balaban J connectivity index is 1.70. The molecule has 1 aliphatic rings. The molecule has 4 rings (SSSR count). The van der Waals surface area contributed by atoms with Crippen molar-refractivity contribution in [3.05, 3.63) is 59.0 Å². The fourth-order valence-corrected chi connectivity index (χ4v) is 5.14. The van der Waals surface area contributed by atoms with Crippen LogP contribution in [0.5, 0.6) is 0 Å². The highest BCUT2D eigenvalue weighted by atomic mass is 32.2. The molecule has 3 heterocycles. The number of nitrogens with zero attached hydrogens (tertiary/aromatic N) is 5. The lowest BCUT2D eigenvalue weighted by Gasteiger charge is -2.43. The van der Waals surface area contributed by atoms with Crippen LogP contribution in [-0.4, -0.2) is 67.7 Å². The SMILES string of the molecule is C#Cc1cnc(C#N)c(S[C@H]2OC(CO)[C@H](O)C(n3cc(-c4cc(F)c(C)c(F)c4)nn3)[C@@H]2OC)c1. The Hall–Kier alpha value is -3.39. The van der Waals surface area contributed by atoms with Crippen molar-refractivity contribution in [2.75, 3.05) is 13.7 Å². The average molecular weight is 514 g/mol. The normalized spacial score (nSPS) is 23.7. The third-order valence-electron chi connectivity index (χ3n) is 5.86. The first-order valence-electron chi connectivity index (χ1n) is 10.7. The van der Waals surface area contributed by atoms with E-state index in [0.29, 0.717) is 10.5 Å². The molecule has 0 saturated carbocycles. The summed E-state index contributed by atoms with van der Waals surface area (Å²) in [6.45, 7) is 0.807. The minimum atomic E-state index is -1.27. The molecule has 2 unspecified atom stereocenters. The van der Waals surface area contributed by atoms with Crippen LogP contribution in [0.1, 0.15) is 22.9 Å². The van der Waals surface area contributed by atoms with E-state index >= 15 is 0 Å². The third-order valence-corrected chi connectivity index (χ3v) is 7.03. The van der Waals surface area contributed by atoms with Crippen LogP contribution in [0.25, 0.3) is 11.3 Å². The number of rotatable bonds is 6. The summed E-state index contributed by atoms with van der Waals surface area (Å²) in [5, 5.41) is 38.4. The second kappa shape index (κ2) is 10.7. The minimum absolute atomic E-state index is 0.115. The minimum Gasteiger partial charge on any atom is -0.394 e. The molecule has 2 aromatic heterocycles. The van der Waals surface area contributed by atoms with E-state index in [4.69, 9.17) is 15.9 Å². The molecule has 1 fully saturated rings. The van der Waals surface area contributed by atoms with E-state index in [9.17, 15) is 24.3 Å². The van der Waals surface area contributed by atoms with E-state index in [1.54, 1.807) is 6.07 Å². The predicted molar refractivity (Wildman–Crippen MR) is 124 cm³/mol. The van der Waals surface area contributed by atoms with Gasteiger partial charge in [0.1, 0.15) is 53.2 Å². The van der Waals surface area contributed by atoms with Crippen LogP contribution in [0.15, 0.2) is 35.5 Å². The largest absolute Gasteiger partial charge is 0.394 e. The van der Waals surface area contributed by atoms with Gasteiger partial charge < -0.3 is 19.7 Å². The monoisotopic (exact) mass is 513 g/mol. The molecule has 5 atom stereocenters. The summed E-state index contributed by atoms with van der Waals surface area (Å²) in [5.41, 5.74) is -0.0376. The Kier molecular flexibility index (Phi) is 7.64. The Bertz CT molecular complexity index is 1330. The first-order chi connectivity index (χ1) is 17.3. The predicted octanol–water partition coefficient (Wildman–Crippen LogP) is 2.21. The van der Waals surface area contributed by atoms with Crippen molar-refractivity contribution in [2.24, 2.45) is 0 Å². The van der Waals surface area contributed by atoms with Crippen molar-refractivity contribution in [3.63, 3.8) is 0 Å². The number of aliphatic hydroxyl groups excluding tert-OH is 2. The van der Waals surface area contributed by atoms with E-state index in [2.05, 4.69) is 21.2 Å². The second-order valence-electron chi connectivity index (χ2n) is 8.00. The smallest absolute Gasteiger partial charge is 0.154 e. The number of benzene rings is 1. The number of aliphatic hydroxyl groups is 2. The molecule has 0 bridgehead atoms. The van der Waals surface area contributed by atoms with E-state index in [0.717, 1.165) is 23.9 Å². The molecule has 1 aliphatic heterocycles. The Morgan fingerprint density at radius 3 is 2.64 bits per heavy atom. The van der Waals surface area contributed by atoms with Crippen molar-refractivity contribution in [1.29, 1.82) is 5.26 Å². The Morgan fingerprint density at radius 2 is 2.03 bits per heavy atom. The van der Waals surface area contributed by atoms with Gasteiger partial charge in [-0.2, -0.15) is 5.26 Å². The molecule has 0 radical (unpaired) electrons. The van der Waals surface area contributed by atoms with Crippen LogP contribution in [0.2, 0.25) is 0 Å². The molecule has 1 aromatic carbocycles. The summed E-state index contributed by atoms with van der Waals surface area (Å²) < 4.78 is 41.1. The zero-order valence-corrected chi connectivity index (χ0v) is 20.0. The summed E-state index contributed by atoms with van der Waals surface area (Å²) in [5.74, 6) is 1.00. The highest BCUT2D eigenvalue weighted by molar-refractivity contribution is 7.99. The van der Waals surface area contributed by atoms with Crippen LogP contribution < -0.4 is 0 Å². The summed E-state index contributed by atoms with van der Waals surface area (Å²) in [6, 6.07) is 4.98. The van der Waals surface area contributed by atoms with E-state index in [1.165, 1.54) is 31.1 Å². The average Bonchev–Trinajstić information content (AvgIpc) is 3.37. The fourth-order valence-electron chi connectivity index (χ4n) is 3.88. The van der Waals surface area contributed by atoms with Gasteiger partial charge in [-0.1, -0.05) is 22.9 Å². The van der Waals surface area contributed by atoms with E-state index in [1.807, 2.05) is 6.07 Å². The van der Waals surface area contributed by atoms with Gasteiger partial charge in [0.25, 0.3) is 0 Å². The highest BCUT2D eigenvalue weighted by Crippen LogP contribution is 2.40. The van der Waals surface area contributed by atoms with Crippen LogP contribution in [0.3, 0.4) is 0 Å². The van der Waals surface area contributed by atoms with Gasteiger partial charge in [-0.3, -0.25) is 0 Å². The van der Waals surface area contributed by atoms with E-state index < -0.39 is 48.0 Å². The van der Waals surface area contributed by atoms with Gasteiger partial charge in [0.05, 0.1) is 12.8 Å². The van der Waals surface area contributed by atoms with Crippen molar-refractivity contribution in [3.8, 4) is 29.7 Å². The summed E-state index contributed by atoms with van der Waals surface area (Å²) in [6.07, 6.45) is 5.13. The van der Waals surface area contributed by atoms with Gasteiger partial charge >= 0.3 is 0 Å².